The average Bonchev–Trinajstić information content (AvgIpc) is 2.49. The van der Waals surface area contributed by atoms with Gasteiger partial charge in [0.05, 0.1) is 17.3 Å². The van der Waals surface area contributed by atoms with E-state index in [4.69, 9.17) is 5.73 Å². The van der Waals surface area contributed by atoms with Crippen LogP contribution in [0, 0.1) is 0 Å². The topological polar surface area (TPSA) is 58.7 Å². The van der Waals surface area contributed by atoms with Gasteiger partial charge in [0.1, 0.15) is 0 Å². The van der Waals surface area contributed by atoms with Crippen LogP contribution >= 0.6 is 35.7 Å². The zero-order valence-electron chi connectivity index (χ0n) is 11.2. The van der Waals surface area contributed by atoms with Gasteiger partial charge in [0.15, 0.2) is 5.96 Å². The second-order valence-electron chi connectivity index (χ2n) is 4.20. The minimum absolute atomic E-state index is 0. The van der Waals surface area contributed by atoms with Gasteiger partial charge in [-0.2, -0.15) is 11.8 Å². The molecule has 1 aromatic carbocycles. The van der Waals surface area contributed by atoms with E-state index >= 15 is 0 Å². The second-order valence-corrected chi connectivity index (χ2v) is 7.00. The summed E-state index contributed by atoms with van der Waals surface area (Å²) in [5.74, 6) is 3.32. The van der Waals surface area contributed by atoms with Crippen molar-refractivity contribution < 1.29 is 4.21 Å². The Kier molecular flexibility index (Phi) is 8.55. The summed E-state index contributed by atoms with van der Waals surface area (Å²) < 4.78 is 12.0. The van der Waals surface area contributed by atoms with Gasteiger partial charge < -0.3 is 10.6 Å². The maximum atomic E-state index is 12.0. The van der Waals surface area contributed by atoms with Crippen molar-refractivity contribution in [2.45, 2.75) is 4.90 Å². The normalized spacial score (nSPS) is 17.4. The van der Waals surface area contributed by atoms with Crippen LogP contribution in [0.1, 0.15) is 0 Å². The van der Waals surface area contributed by atoms with Crippen molar-refractivity contribution in [1.82, 2.24) is 4.90 Å². The Labute approximate surface area is 144 Å². The molecule has 1 heterocycles. The van der Waals surface area contributed by atoms with Gasteiger partial charge in [0.2, 0.25) is 0 Å². The highest BCUT2D eigenvalue weighted by Crippen LogP contribution is 2.09. The first kappa shape index (κ1) is 17.8. The second kappa shape index (κ2) is 9.62. The van der Waals surface area contributed by atoms with Crippen molar-refractivity contribution in [3.8, 4) is 0 Å². The van der Waals surface area contributed by atoms with Gasteiger partial charge >= 0.3 is 0 Å². The number of hydrogen-bond acceptors (Lipinski definition) is 3. The molecule has 0 aromatic heterocycles. The molecule has 0 saturated carbocycles. The molecule has 0 amide bonds. The number of aliphatic imine (C=N–C) groups is 1. The third-order valence-electron chi connectivity index (χ3n) is 2.89. The van der Waals surface area contributed by atoms with Crippen LogP contribution in [0.25, 0.3) is 0 Å². The summed E-state index contributed by atoms with van der Waals surface area (Å²) in [6.07, 6.45) is 0. The van der Waals surface area contributed by atoms with Crippen LogP contribution in [0.5, 0.6) is 0 Å². The lowest BCUT2D eigenvalue weighted by Crippen LogP contribution is -2.42. The zero-order valence-corrected chi connectivity index (χ0v) is 15.2. The van der Waals surface area contributed by atoms with Crippen molar-refractivity contribution in [2.75, 3.05) is 36.9 Å². The standard InChI is InChI=1S/C13H19N3OS2.HI/c14-13(16-7-9-18-10-8-16)15-6-11-19(17)12-4-2-1-3-5-12;/h1-5H,6-11H2,(H2,14,15);1H. The number of nitrogens with zero attached hydrogens (tertiary/aromatic N) is 2. The molecule has 1 atom stereocenters. The fourth-order valence-corrected chi connectivity index (χ4v) is 3.68. The molecule has 0 bridgehead atoms. The van der Waals surface area contributed by atoms with Crippen molar-refractivity contribution in [1.29, 1.82) is 0 Å². The number of nitrogens with two attached hydrogens (primary N) is 1. The zero-order chi connectivity index (χ0) is 13.5. The van der Waals surface area contributed by atoms with Crippen LogP contribution in [0.3, 0.4) is 0 Å². The fourth-order valence-electron chi connectivity index (χ4n) is 1.83. The van der Waals surface area contributed by atoms with E-state index in [9.17, 15) is 4.21 Å². The highest BCUT2D eigenvalue weighted by atomic mass is 127. The largest absolute Gasteiger partial charge is 0.370 e. The smallest absolute Gasteiger partial charge is 0.191 e. The molecule has 0 aliphatic carbocycles. The lowest BCUT2D eigenvalue weighted by atomic mass is 10.4. The summed E-state index contributed by atoms with van der Waals surface area (Å²) in [6, 6.07) is 9.48. The van der Waals surface area contributed by atoms with Gasteiger partial charge in [-0.25, -0.2) is 0 Å². The first-order chi connectivity index (χ1) is 9.27. The van der Waals surface area contributed by atoms with E-state index in [1.165, 1.54) is 0 Å². The van der Waals surface area contributed by atoms with E-state index in [0.717, 1.165) is 29.5 Å². The molecule has 112 valence electrons. The summed E-state index contributed by atoms with van der Waals surface area (Å²) in [4.78, 5) is 7.28. The Morgan fingerprint density at radius 1 is 1.30 bits per heavy atom. The first-order valence-corrected chi connectivity index (χ1v) is 8.81. The van der Waals surface area contributed by atoms with Crippen LogP contribution in [-0.2, 0) is 10.8 Å². The molecule has 1 unspecified atom stereocenters. The Morgan fingerprint density at radius 3 is 2.60 bits per heavy atom. The van der Waals surface area contributed by atoms with Gasteiger partial charge in [0.25, 0.3) is 0 Å². The van der Waals surface area contributed by atoms with Gasteiger partial charge in [-0.3, -0.25) is 9.20 Å². The van der Waals surface area contributed by atoms with Crippen LogP contribution in [0.15, 0.2) is 40.2 Å². The van der Waals surface area contributed by atoms with Crippen LogP contribution in [0.2, 0.25) is 0 Å². The molecule has 1 aliphatic heterocycles. The van der Waals surface area contributed by atoms with E-state index in [1.807, 2.05) is 42.1 Å². The molecule has 1 aliphatic rings. The van der Waals surface area contributed by atoms with Crippen LogP contribution in [-0.4, -0.2) is 52.0 Å². The number of halogens is 1. The average molecular weight is 425 g/mol. The van der Waals surface area contributed by atoms with E-state index in [2.05, 4.69) is 9.89 Å². The number of hydrogen-bond donors (Lipinski definition) is 1. The monoisotopic (exact) mass is 425 g/mol. The summed E-state index contributed by atoms with van der Waals surface area (Å²) in [5.41, 5.74) is 5.94. The highest BCUT2D eigenvalue weighted by molar-refractivity contribution is 14.0. The SMILES string of the molecule is I.NC(=NCCS(=O)c1ccccc1)N1CCSCC1. The molecule has 7 heteroatoms. The van der Waals surface area contributed by atoms with Crippen molar-refractivity contribution in [2.24, 2.45) is 10.7 Å². The molecule has 0 spiro atoms. The quantitative estimate of drug-likeness (QED) is 0.454. The predicted octanol–water partition coefficient (Wildman–Crippen LogP) is 1.78. The van der Waals surface area contributed by atoms with Crippen LogP contribution in [0.4, 0.5) is 0 Å². The lowest BCUT2D eigenvalue weighted by Gasteiger charge is -2.27. The minimum atomic E-state index is -0.990. The maximum absolute atomic E-state index is 12.0. The molecular weight excluding hydrogens is 405 g/mol. The van der Waals surface area contributed by atoms with Gasteiger partial charge in [-0.1, -0.05) is 18.2 Å². The van der Waals surface area contributed by atoms with E-state index in [1.54, 1.807) is 0 Å². The molecule has 1 aromatic rings. The summed E-state index contributed by atoms with van der Waals surface area (Å²) in [6.45, 7) is 2.43. The maximum Gasteiger partial charge on any atom is 0.191 e. The summed E-state index contributed by atoms with van der Waals surface area (Å²) in [5, 5.41) is 0. The summed E-state index contributed by atoms with van der Waals surface area (Å²) in [7, 11) is -0.990. The molecule has 4 nitrogen and oxygen atoms in total. The van der Waals surface area contributed by atoms with Gasteiger partial charge in [-0.15, -0.1) is 24.0 Å². The fraction of sp³-hybridized carbons (Fsp3) is 0.462. The third kappa shape index (κ3) is 5.61. The Morgan fingerprint density at radius 2 is 1.95 bits per heavy atom. The number of benzene rings is 1. The van der Waals surface area contributed by atoms with E-state index in [-0.39, 0.29) is 24.0 Å². The minimum Gasteiger partial charge on any atom is -0.370 e. The first-order valence-electron chi connectivity index (χ1n) is 6.33. The molecule has 20 heavy (non-hydrogen) atoms. The van der Waals surface area contributed by atoms with E-state index < -0.39 is 10.8 Å². The van der Waals surface area contributed by atoms with Gasteiger partial charge in [0, 0.05) is 35.2 Å². The Bertz CT molecular complexity index is 450. The third-order valence-corrected chi connectivity index (χ3v) is 5.19. The molecule has 0 radical (unpaired) electrons. The lowest BCUT2D eigenvalue weighted by molar-refractivity contribution is 0.456. The van der Waals surface area contributed by atoms with Crippen LogP contribution < -0.4 is 5.73 Å². The van der Waals surface area contributed by atoms with Crippen molar-refractivity contribution >= 4 is 52.5 Å². The van der Waals surface area contributed by atoms with Crippen molar-refractivity contribution in [3.63, 3.8) is 0 Å². The Balaban J connectivity index is 0.00000200. The molecule has 2 N–H and O–H groups in total. The number of guanidine groups is 1. The highest BCUT2D eigenvalue weighted by Gasteiger charge is 2.12. The molecule has 1 saturated heterocycles. The molecule has 1 fully saturated rings. The van der Waals surface area contributed by atoms with Gasteiger partial charge in [-0.05, 0) is 12.1 Å². The van der Waals surface area contributed by atoms with E-state index in [0.29, 0.717) is 18.3 Å². The number of rotatable bonds is 4. The predicted molar refractivity (Wildman–Crippen MR) is 98.5 cm³/mol. The molecule has 2 rings (SSSR count). The molecular formula is C13H20IN3OS2. The summed E-state index contributed by atoms with van der Waals surface area (Å²) >= 11 is 1.94. The van der Waals surface area contributed by atoms with Crippen molar-refractivity contribution in [3.05, 3.63) is 30.3 Å². The number of thioether (sulfide) groups is 1. The Hall–Kier alpha value is -0.280.